The molecule has 194 valence electrons. The van der Waals surface area contributed by atoms with Gasteiger partial charge < -0.3 is 24.9 Å². The number of hydrogen-bond donors (Lipinski definition) is 3. The molecule has 0 radical (unpaired) electrons. The first-order valence-corrected chi connectivity index (χ1v) is 13.2. The minimum absolute atomic E-state index is 0.0668. The standard InChI is InChI=1S/C30H34N2O5/c1-30(2,3)37-24(33)11-10-22-28(34)26-20(29(35)32-22)15-19-18-6-4-5-7-21(18)31-27(19)25(26)17-9-8-16-12-13-36-23(16)14-17/h4-9,14,20,22,25-26,28,31,34H,10-13,15H2,1-3H3,(H,32,35)/t20-,22?,25-,26?,28?/m0/s1. The zero-order chi connectivity index (χ0) is 25.9. The SMILES string of the molecule is CC(C)(C)OC(=O)CCC1NC(=O)[C@H]2Cc3c([nH]c4ccccc34)[C@@H](c3ccc4c(c3)OCC4)C2C1O. The molecule has 1 amide bonds. The number of aromatic nitrogens is 1. The van der Waals surface area contributed by atoms with Crippen molar-refractivity contribution in [3.8, 4) is 5.75 Å². The lowest BCUT2D eigenvalue weighted by Crippen LogP contribution is -2.60. The molecule has 3 aromatic rings. The van der Waals surface area contributed by atoms with Crippen LogP contribution in [0.25, 0.3) is 10.9 Å². The van der Waals surface area contributed by atoms with Crippen LogP contribution in [-0.2, 0) is 27.2 Å². The summed E-state index contributed by atoms with van der Waals surface area (Å²) in [6, 6.07) is 14.0. The van der Waals surface area contributed by atoms with Crippen LogP contribution in [0.4, 0.5) is 0 Å². The van der Waals surface area contributed by atoms with Gasteiger partial charge in [0.25, 0.3) is 0 Å². The van der Waals surface area contributed by atoms with Gasteiger partial charge in [0.05, 0.1) is 18.8 Å². The van der Waals surface area contributed by atoms with Crippen molar-refractivity contribution in [2.75, 3.05) is 6.61 Å². The van der Waals surface area contributed by atoms with E-state index < -0.39 is 17.7 Å². The molecule has 2 aliphatic heterocycles. The van der Waals surface area contributed by atoms with Gasteiger partial charge in [-0.05, 0) is 62.4 Å². The number of H-pyrrole nitrogens is 1. The molecule has 1 aromatic heterocycles. The van der Waals surface area contributed by atoms with E-state index in [4.69, 9.17) is 9.47 Å². The molecule has 5 atom stereocenters. The number of carbonyl (C=O) groups is 2. The Hall–Kier alpha value is -3.32. The number of esters is 1. The molecule has 3 unspecified atom stereocenters. The molecule has 7 nitrogen and oxygen atoms in total. The second kappa shape index (κ2) is 8.91. The van der Waals surface area contributed by atoms with Gasteiger partial charge in [0, 0.05) is 47.2 Å². The molecule has 0 saturated carbocycles. The van der Waals surface area contributed by atoms with E-state index in [0.29, 0.717) is 19.4 Å². The summed E-state index contributed by atoms with van der Waals surface area (Å²) >= 11 is 0. The van der Waals surface area contributed by atoms with Gasteiger partial charge in [-0.2, -0.15) is 0 Å². The van der Waals surface area contributed by atoms with Crippen molar-refractivity contribution in [1.29, 1.82) is 0 Å². The third kappa shape index (κ3) is 4.29. The van der Waals surface area contributed by atoms with Gasteiger partial charge in [-0.15, -0.1) is 0 Å². The van der Waals surface area contributed by atoms with Crippen LogP contribution < -0.4 is 10.1 Å². The number of hydrogen-bond acceptors (Lipinski definition) is 5. The van der Waals surface area contributed by atoms with E-state index in [1.807, 2.05) is 32.9 Å². The van der Waals surface area contributed by atoms with Crippen LogP contribution in [0.1, 0.15) is 61.9 Å². The zero-order valence-corrected chi connectivity index (χ0v) is 21.5. The first-order valence-electron chi connectivity index (χ1n) is 13.2. The smallest absolute Gasteiger partial charge is 0.306 e. The highest BCUT2D eigenvalue weighted by Crippen LogP contribution is 2.50. The van der Waals surface area contributed by atoms with E-state index in [0.717, 1.165) is 39.9 Å². The molecule has 0 bridgehead atoms. The van der Waals surface area contributed by atoms with Crippen molar-refractivity contribution < 1.29 is 24.2 Å². The van der Waals surface area contributed by atoms with Crippen LogP contribution in [0.2, 0.25) is 0 Å². The molecular weight excluding hydrogens is 468 g/mol. The molecular formula is C30H34N2O5. The topological polar surface area (TPSA) is 101 Å². The first-order chi connectivity index (χ1) is 17.7. The van der Waals surface area contributed by atoms with E-state index in [9.17, 15) is 14.7 Å². The Balaban J connectivity index is 1.38. The number of carbonyl (C=O) groups excluding carboxylic acids is 2. The van der Waals surface area contributed by atoms with Crippen molar-refractivity contribution in [1.82, 2.24) is 10.3 Å². The maximum atomic E-state index is 13.5. The van der Waals surface area contributed by atoms with E-state index in [-0.39, 0.29) is 36.1 Å². The van der Waals surface area contributed by atoms with Crippen molar-refractivity contribution in [2.24, 2.45) is 11.8 Å². The number of piperidine rings is 1. The number of para-hydroxylation sites is 1. The lowest BCUT2D eigenvalue weighted by Gasteiger charge is -2.47. The maximum Gasteiger partial charge on any atom is 0.306 e. The molecule has 1 aliphatic carbocycles. The Morgan fingerprint density at radius 3 is 2.81 bits per heavy atom. The lowest BCUT2D eigenvalue weighted by molar-refractivity contribution is -0.156. The predicted molar refractivity (Wildman–Crippen MR) is 139 cm³/mol. The molecule has 1 saturated heterocycles. The fourth-order valence-electron chi connectivity index (χ4n) is 6.51. The van der Waals surface area contributed by atoms with Crippen LogP contribution in [-0.4, -0.2) is 46.3 Å². The molecule has 3 aliphatic rings. The predicted octanol–water partition coefficient (Wildman–Crippen LogP) is 4.00. The minimum atomic E-state index is -0.816. The number of nitrogens with one attached hydrogen (secondary N) is 2. The molecule has 6 rings (SSSR count). The Morgan fingerprint density at radius 2 is 2.00 bits per heavy atom. The summed E-state index contributed by atoms with van der Waals surface area (Å²) in [5, 5.41) is 15.9. The van der Waals surface area contributed by atoms with Gasteiger partial charge in [-0.3, -0.25) is 9.59 Å². The number of fused-ring (bicyclic) bond motifs is 5. The highest BCUT2D eigenvalue weighted by molar-refractivity contribution is 5.88. The molecule has 3 N–H and O–H groups in total. The van der Waals surface area contributed by atoms with E-state index in [1.54, 1.807) is 0 Å². The average molecular weight is 503 g/mol. The number of amides is 1. The molecule has 3 heterocycles. The molecule has 1 fully saturated rings. The molecule has 37 heavy (non-hydrogen) atoms. The highest BCUT2D eigenvalue weighted by atomic mass is 16.6. The quantitative estimate of drug-likeness (QED) is 0.468. The van der Waals surface area contributed by atoms with Crippen LogP contribution >= 0.6 is 0 Å². The van der Waals surface area contributed by atoms with Crippen LogP contribution in [0.3, 0.4) is 0 Å². The Kier molecular flexibility index (Phi) is 5.79. The number of aliphatic hydroxyl groups is 1. The minimum Gasteiger partial charge on any atom is -0.493 e. The Morgan fingerprint density at radius 1 is 1.19 bits per heavy atom. The number of benzene rings is 2. The van der Waals surface area contributed by atoms with E-state index in [2.05, 4.69) is 40.6 Å². The Bertz CT molecular complexity index is 1370. The van der Waals surface area contributed by atoms with Gasteiger partial charge in [0.15, 0.2) is 0 Å². The number of rotatable bonds is 4. The fourth-order valence-corrected chi connectivity index (χ4v) is 6.51. The summed E-state index contributed by atoms with van der Waals surface area (Å²) in [5.41, 5.74) is 4.86. The monoisotopic (exact) mass is 502 g/mol. The largest absolute Gasteiger partial charge is 0.493 e. The summed E-state index contributed by atoms with van der Waals surface area (Å²) in [6.45, 7) is 6.16. The molecule has 0 spiro atoms. The third-order valence-corrected chi connectivity index (χ3v) is 8.06. The maximum absolute atomic E-state index is 13.5. The summed E-state index contributed by atoms with van der Waals surface area (Å²) in [7, 11) is 0. The molecule has 7 heteroatoms. The van der Waals surface area contributed by atoms with E-state index in [1.165, 1.54) is 5.56 Å². The van der Waals surface area contributed by atoms with Crippen molar-refractivity contribution in [2.45, 2.75) is 70.1 Å². The summed E-state index contributed by atoms with van der Waals surface area (Å²) in [6.07, 6.45) is 1.09. The number of aromatic amines is 1. The normalized spacial score (nSPS) is 26.6. The zero-order valence-electron chi connectivity index (χ0n) is 21.5. The number of aliphatic hydroxyl groups excluding tert-OH is 1. The van der Waals surface area contributed by atoms with Crippen LogP contribution in [0, 0.1) is 11.8 Å². The summed E-state index contributed by atoms with van der Waals surface area (Å²) in [4.78, 5) is 29.5. The van der Waals surface area contributed by atoms with Crippen molar-refractivity contribution >= 4 is 22.8 Å². The third-order valence-electron chi connectivity index (χ3n) is 8.06. The van der Waals surface area contributed by atoms with Crippen molar-refractivity contribution in [3.63, 3.8) is 0 Å². The van der Waals surface area contributed by atoms with Crippen molar-refractivity contribution in [3.05, 3.63) is 64.8 Å². The van der Waals surface area contributed by atoms with Crippen LogP contribution in [0.15, 0.2) is 42.5 Å². The lowest BCUT2D eigenvalue weighted by atomic mass is 9.63. The second-order valence-electron chi connectivity index (χ2n) is 11.6. The summed E-state index contributed by atoms with van der Waals surface area (Å²) < 4.78 is 11.3. The highest BCUT2D eigenvalue weighted by Gasteiger charge is 2.51. The average Bonchev–Trinajstić information content (AvgIpc) is 3.47. The Labute approximate surface area is 216 Å². The van der Waals surface area contributed by atoms with Gasteiger partial charge in [0.1, 0.15) is 11.4 Å². The number of ether oxygens (including phenoxy) is 2. The second-order valence-corrected chi connectivity index (χ2v) is 11.6. The van der Waals surface area contributed by atoms with Gasteiger partial charge in [-0.1, -0.05) is 30.3 Å². The molecule has 2 aromatic carbocycles. The van der Waals surface area contributed by atoms with Gasteiger partial charge >= 0.3 is 5.97 Å². The fraction of sp³-hybridized carbons (Fsp3) is 0.467. The van der Waals surface area contributed by atoms with E-state index >= 15 is 0 Å². The van der Waals surface area contributed by atoms with Gasteiger partial charge in [-0.25, -0.2) is 0 Å². The van der Waals surface area contributed by atoms with Crippen LogP contribution in [0.5, 0.6) is 5.75 Å². The first kappa shape index (κ1) is 24.0. The summed E-state index contributed by atoms with van der Waals surface area (Å²) in [5.74, 6) is -0.432. The van der Waals surface area contributed by atoms with Gasteiger partial charge in [0.2, 0.25) is 5.91 Å².